The first-order valence-corrected chi connectivity index (χ1v) is 7.61. The topological polar surface area (TPSA) is 24.4 Å². The molecule has 16 heavy (non-hydrogen) atoms. The summed E-state index contributed by atoms with van der Waals surface area (Å²) in [6, 6.07) is 0.465. The highest BCUT2D eigenvalue weighted by Gasteiger charge is 2.39. The standard InChI is InChI=1S/C13H24N2S/c1-4-11(3)14-12-15-13(9-16-12)7-5-10(2)6-8-13/h10-11H,4-9H2,1-3H3,(H,14,15). The van der Waals surface area contributed by atoms with Gasteiger partial charge in [0, 0.05) is 17.3 Å². The molecule has 1 aliphatic heterocycles. The van der Waals surface area contributed by atoms with Crippen LogP contribution >= 0.6 is 11.8 Å². The molecule has 1 heterocycles. The van der Waals surface area contributed by atoms with Crippen LogP contribution in [0.4, 0.5) is 0 Å². The maximum atomic E-state index is 4.73. The zero-order valence-electron chi connectivity index (χ0n) is 10.8. The fourth-order valence-corrected chi connectivity index (χ4v) is 3.77. The Bertz CT molecular complexity index is 267. The summed E-state index contributed by atoms with van der Waals surface area (Å²) >= 11 is 1.93. The van der Waals surface area contributed by atoms with Crippen LogP contribution < -0.4 is 5.32 Å². The summed E-state index contributed by atoms with van der Waals surface area (Å²) in [6.07, 6.45) is 6.56. The Kier molecular flexibility index (Phi) is 3.83. The normalized spacial score (nSPS) is 38.9. The minimum Gasteiger partial charge on any atom is -0.359 e. The Hall–Kier alpha value is -0.180. The molecule has 92 valence electrons. The van der Waals surface area contributed by atoms with Crippen LogP contribution in [0, 0.1) is 5.92 Å². The Morgan fingerprint density at radius 3 is 2.81 bits per heavy atom. The third-order valence-electron chi connectivity index (χ3n) is 4.02. The van der Waals surface area contributed by atoms with E-state index in [9.17, 15) is 0 Å². The van der Waals surface area contributed by atoms with E-state index in [1.165, 1.54) is 36.6 Å². The van der Waals surface area contributed by atoms with Crippen molar-refractivity contribution in [2.75, 3.05) is 5.75 Å². The summed E-state index contributed by atoms with van der Waals surface area (Å²) in [6.45, 7) is 6.78. The van der Waals surface area contributed by atoms with Crippen LogP contribution in [0.2, 0.25) is 0 Å². The van der Waals surface area contributed by atoms with Gasteiger partial charge in [0.05, 0.1) is 0 Å². The van der Waals surface area contributed by atoms with E-state index in [1.54, 1.807) is 0 Å². The molecule has 1 saturated heterocycles. The number of thioether (sulfide) groups is 1. The largest absolute Gasteiger partial charge is 0.359 e. The Labute approximate surface area is 104 Å². The summed E-state index contributed by atoms with van der Waals surface area (Å²) in [5, 5.41) is 4.90. The van der Waals surface area contributed by atoms with Crippen molar-refractivity contribution in [3.8, 4) is 0 Å². The average Bonchev–Trinajstić information content (AvgIpc) is 2.66. The summed E-state index contributed by atoms with van der Waals surface area (Å²) in [4.78, 5) is 4.73. The first-order valence-electron chi connectivity index (χ1n) is 6.62. The second-order valence-electron chi connectivity index (χ2n) is 5.57. The van der Waals surface area contributed by atoms with E-state index >= 15 is 0 Å². The highest BCUT2D eigenvalue weighted by Crippen LogP contribution is 2.38. The van der Waals surface area contributed by atoms with Gasteiger partial charge in [0.15, 0.2) is 5.17 Å². The predicted octanol–water partition coefficient (Wildman–Crippen LogP) is 3.43. The molecule has 1 aliphatic carbocycles. The average molecular weight is 240 g/mol. The summed E-state index contributed by atoms with van der Waals surface area (Å²) in [5.74, 6) is 2.16. The lowest BCUT2D eigenvalue weighted by molar-refractivity contribution is 0.250. The molecular formula is C13H24N2S. The number of rotatable bonds is 2. The van der Waals surface area contributed by atoms with E-state index in [4.69, 9.17) is 4.99 Å². The van der Waals surface area contributed by atoms with Crippen LogP contribution in [0.5, 0.6) is 0 Å². The molecule has 3 heteroatoms. The van der Waals surface area contributed by atoms with Crippen molar-refractivity contribution in [2.45, 2.75) is 64.5 Å². The van der Waals surface area contributed by atoms with Crippen molar-refractivity contribution in [3.05, 3.63) is 0 Å². The van der Waals surface area contributed by atoms with E-state index in [-0.39, 0.29) is 0 Å². The molecule has 0 amide bonds. The van der Waals surface area contributed by atoms with Crippen LogP contribution in [0.1, 0.15) is 52.9 Å². The molecule has 1 atom stereocenters. The van der Waals surface area contributed by atoms with Gasteiger partial charge in [-0.05, 0) is 44.9 Å². The van der Waals surface area contributed by atoms with Gasteiger partial charge >= 0.3 is 0 Å². The molecular weight excluding hydrogens is 216 g/mol. The molecule has 2 aliphatic rings. The number of nitrogens with zero attached hydrogens (tertiary/aromatic N) is 1. The van der Waals surface area contributed by atoms with Gasteiger partial charge in [-0.15, -0.1) is 0 Å². The number of amidine groups is 1. The third-order valence-corrected chi connectivity index (χ3v) is 5.19. The van der Waals surface area contributed by atoms with Crippen molar-refractivity contribution in [1.29, 1.82) is 0 Å². The summed E-state index contributed by atoms with van der Waals surface area (Å²) in [5.41, 5.74) is 0.392. The van der Waals surface area contributed by atoms with Gasteiger partial charge in [-0.25, -0.2) is 0 Å². The zero-order chi connectivity index (χ0) is 11.6. The number of nitrogens with one attached hydrogen (secondary N) is 1. The van der Waals surface area contributed by atoms with E-state index in [0.717, 1.165) is 12.3 Å². The SMILES string of the molecule is CCC(C)N=C1NC2(CCC(C)CC2)CS1. The van der Waals surface area contributed by atoms with Crippen LogP contribution in [0.25, 0.3) is 0 Å². The van der Waals surface area contributed by atoms with Crippen molar-refractivity contribution in [1.82, 2.24) is 5.32 Å². The van der Waals surface area contributed by atoms with Crippen LogP contribution in [0.15, 0.2) is 4.99 Å². The number of hydrogen-bond donors (Lipinski definition) is 1. The molecule has 1 spiro atoms. The van der Waals surface area contributed by atoms with Crippen LogP contribution in [-0.4, -0.2) is 22.5 Å². The van der Waals surface area contributed by atoms with Crippen molar-refractivity contribution in [3.63, 3.8) is 0 Å². The summed E-state index contributed by atoms with van der Waals surface area (Å²) < 4.78 is 0. The lowest BCUT2D eigenvalue weighted by Gasteiger charge is -2.35. The zero-order valence-corrected chi connectivity index (χ0v) is 11.6. The maximum Gasteiger partial charge on any atom is 0.157 e. The van der Waals surface area contributed by atoms with E-state index < -0.39 is 0 Å². The minimum atomic E-state index is 0.392. The molecule has 1 N–H and O–H groups in total. The second kappa shape index (κ2) is 4.99. The van der Waals surface area contributed by atoms with Gasteiger partial charge in [0.2, 0.25) is 0 Å². The molecule has 1 unspecified atom stereocenters. The number of aliphatic imine (C=N–C) groups is 1. The lowest BCUT2D eigenvalue weighted by atomic mass is 9.78. The predicted molar refractivity (Wildman–Crippen MR) is 73.1 cm³/mol. The van der Waals surface area contributed by atoms with Crippen LogP contribution in [-0.2, 0) is 0 Å². The van der Waals surface area contributed by atoms with Gasteiger partial charge in [0.1, 0.15) is 0 Å². The van der Waals surface area contributed by atoms with Gasteiger partial charge in [0.25, 0.3) is 0 Å². The fraction of sp³-hybridized carbons (Fsp3) is 0.923. The third kappa shape index (κ3) is 2.73. The molecule has 2 fully saturated rings. The monoisotopic (exact) mass is 240 g/mol. The van der Waals surface area contributed by atoms with Gasteiger partial charge < -0.3 is 5.32 Å². The molecule has 0 aromatic heterocycles. The second-order valence-corrected chi connectivity index (χ2v) is 6.53. The smallest absolute Gasteiger partial charge is 0.157 e. The minimum absolute atomic E-state index is 0.392. The van der Waals surface area contributed by atoms with Crippen molar-refractivity contribution < 1.29 is 0 Å². The fourth-order valence-electron chi connectivity index (χ4n) is 2.45. The molecule has 2 rings (SSSR count). The molecule has 0 bridgehead atoms. The molecule has 0 aromatic rings. The first-order chi connectivity index (χ1) is 7.63. The molecule has 0 aromatic carbocycles. The van der Waals surface area contributed by atoms with E-state index in [2.05, 4.69) is 26.1 Å². The molecule has 2 nitrogen and oxygen atoms in total. The van der Waals surface area contributed by atoms with Gasteiger partial charge in [-0.1, -0.05) is 25.6 Å². The van der Waals surface area contributed by atoms with Crippen molar-refractivity contribution >= 4 is 16.9 Å². The molecule has 0 radical (unpaired) electrons. The van der Waals surface area contributed by atoms with E-state index in [1.807, 2.05) is 11.8 Å². The number of hydrogen-bond acceptors (Lipinski definition) is 2. The van der Waals surface area contributed by atoms with Gasteiger partial charge in [-0.3, -0.25) is 4.99 Å². The highest BCUT2D eigenvalue weighted by atomic mass is 32.2. The Morgan fingerprint density at radius 2 is 2.19 bits per heavy atom. The molecule has 1 saturated carbocycles. The van der Waals surface area contributed by atoms with Gasteiger partial charge in [-0.2, -0.15) is 0 Å². The van der Waals surface area contributed by atoms with Crippen molar-refractivity contribution in [2.24, 2.45) is 10.9 Å². The lowest BCUT2D eigenvalue weighted by Crippen LogP contribution is -2.46. The van der Waals surface area contributed by atoms with Crippen LogP contribution in [0.3, 0.4) is 0 Å². The Morgan fingerprint density at radius 1 is 1.50 bits per heavy atom. The Balaban J connectivity index is 1.94. The highest BCUT2D eigenvalue weighted by molar-refractivity contribution is 8.14. The van der Waals surface area contributed by atoms with E-state index in [0.29, 0.717) is 11.6 Å². The first kappa shape index (κ1) is 12.3. The summed E-state index contributed by atoms with van der Waals surface area (Å²) in [7, 11) is 0. The maximum absolute atomic E-state index is 4.73. The quantitative estimate of drug-likeness (QED) is 0.799.